The molecule has 5 nitrogen and oxygen atoms in total. The lowest BCUT2D eigenvalue weighted by molar-refractivity contribution is 0.410. The van der Waals surface area contributed by atoms with E-state index in [1.165, 1.54) is 37.5 Å². The van der Waals surface area contributed by atoms with E-state index in [0.29, 0.717) is 17.7 Å². The predicted molar refractivity (Wildman–Crippen MR) is 102 cm³/mol. The van der Waals surface area contributed by atoms with Crippen LogP contribution in [0.25, 0.3) is 0 Å². The average Bonchev–Trinajstić information content (AvgIpc) is 2.59. The highest BCUT2D eigenvalue weighted by molar-refractivity contribution is 7.85. The van der Waals surface area contributed by atoms with E-state index >= 15 is 0 Å². The minimum atomic E-state index is -4.29. The zero-order valence-corrected chi connectivity index (χ0v) is 15.8. The van der Waals surface area contributed by atoms with Crippen LogP contribution in [0.1, 0.15) is 51.0 Å². The van der Waals surface area contributed by atoms with Crippen molar-refractivity contribution in [1.29, 1.82) is 0 Å². The van der Waals surface area contributed by atoms with Crippen LogP contribution in [0.15, 0.2) is 47.4 Å². The number of aryl methyl sites for hydroxylation is 1. The van der Waals surface area contributed by atoms with Crippen LogP contribution in [-0.4, -0.2) is 18.1 Å². The Morgan fingerprint density at radius 3 is 2.35 bits per heavy atom. The standard InChI is InChI=1S/C20H26O5S/c1-2-3-4-5-6-7-10-16-15-17(13-14-20(16)26(22,23)24)25-19-12-9-8-11-18(19)21/h8-9,11-15,21H,2-7,10H2,1H3,(H,22,23,24). The van der Waals surface area contributed by atoms with Crippen LogP contribution in [0.2, 0.25) is 0 Å². The van der Waals surface area contributed by atoms with Crippen LogP contribution in [0.3, 0.4) is 0 Å². The molecule has 0 bridgehead atoms. The number of para-hydroxylation sites is 2. The van der Waals surface area contributed by atoms with Gasteiger partial charge in [-0.1, -0.05) is 51.2 Å². The van der Waals surface area contributed by atoms with E-state index in [9.17, 15) is 18.1 Å². The quantitative estimate of drug-likeness (QED) is 0.431. The Morgan fingerprint density at radius 1 is 0.962 bits per heavy atom. The molecule has 0 aromatic heterocycles. The van der Waals surface area contributed by atoms with Crippen molar-refractivity contribution < 1.29 is 22.8 Å². The van der Waals surface area contributed by atoms with Crippen molar-refractivity contribution in [3.8, 4) is 17.2 Å². The van der Waals surface area contributed by atoms with Crippen LogP contribution < -0.4 is 4.74 Å². The van der Waals surface area contributed by atoms with E-state index in [4.69, 9.17) is 4.74 Å². The number of benzene rings is 2. The van der Waals surface area contributed by atoms with Gasteiger partial charge in [0, 0.05) is 0 Å². The number of phenolic OH excluding ortho intramolecular Hbond substituents is 1. The highest BCUT2D eigenvalue weighted by Gasteiger charge is 2.16. The molecular formula is C20H26O5S. The minimum absolute atomic E-state index is 0.00355. The molecule has 142 valence electrons. The second-order valence-electron chi connectivity index (χ2n) is 6.33. The van der Waals surface area contributed by atoms with Gasteiger partial charge in [0.05, 0.1) is 4.90 Å². The number of unbranched alkanes of at least 4 members (excludes halogenated alkanes) is 5. The van der Waals surface area contributed by atoms with E-state index < -0.39 is 10.1 Å². The van der Waals surface area contributed by atoms with Crippen LogP contribution >= 0.6 is 0 Å². The van der Waals surface area contributed by atoms with Gasteiger partial charge in [-0.3, -0.25) is 4.55 Å². The summed E-state index contributed by atoms with van der Waals surface area (Å²) in [7, 11) is -4.29. The zero-order chi connectivity index (χ0) is 19.0. The predicted octanol–water partition coefficient (Wildman–Crippen LogP) is 5.33. The summed E-state index contributed by atoms with van der Waals surface area (Å²) in [4.78, 5) is -0.0873. The summed E-state index contributed by atoms with van der Waals surface area (Å²) in [6.45, 7) is 2.16. The lowest BCUT2D eigenvalue weighted by atomic mass is 10.0. The molecule has 2 aromatic rings. The van der Waals surface area contributed by atoms with Crippen LogP contribution in [0.5, 0.6) is 17.2 Å². The van der Waals surface area contributed by atoms with Gasteiger partial charge in [-0.15, -0.1) is 0 Å². The fourth-order valence-corrected chi connectivity index (χ4v) is 3.56. The van der Waals surface area contributed by atoms with Gasteiger partial charge in [-0.25, -0.2) is 0 Å². The first kappa shape index (κ1) is 20.3. The Hall–Kier alpha value is -2.05. The second kappa shape index (κ2) is 9.59. The second-order valence-corrected chi connectivity index (χ2v) is 7.72. The van der Waals surface area contributed by atoms with Crippen molar-refractivity contribution >= 4 is 10.1 Å². The first-order valence-corrected chi connectivity index (χ1v) is 10.4. The minimum Gasteiger partial charge on any atom is -0.504 e. The molecular weight excluding hydrogens is 352 g/mol. The van der Waals surface area contributed by atoms with Crippen molar-refractivity contribution in [3.05, 3.63) is 48.0 Å². The fraction of sp³-hybridized carbons (Fsp3) is 0.400. The largest absolute Gasteiger partial charge is 0.504 e. The first-order chi connectivity index (χ1) is 12.4. The Bertz CT molecular complexity index is 815. The van der Waals surface area contributed by atoms with Gasteiger partial charge in [-0.05, 0) is 48.7 Å². The molecule has 0 radical (unpaired) electrons. The number of aromatic hydroxyl groups is 1. The fourth-order valence-electron chi connectivity index (χ4n) is 2.83. The molecule has 2 rings (SSSR count). The van der Waals surface area contributed by atoms with Gasteiger partial charge in [0.25, 0.3) is 10.1 Å². The number of hydrogen-bond acceptors (Lipinski definition) is 4. The van der Waals surface area contributed by atoms with Crippen molar-refractivity contribution in [3.63, 3.8) is 0 Å². The molecule has 2 N–H and O–H groups in total. The van der Waals surface area contributed by atoms with Crippen LogP contribution in [-0.2, 0) is 16.5 Å². The van der Waals surface area contributed by atoms with E-state index in [0.717, 1.165) is 19.3 Å². The number of rotatable bonds is 10. The molecule has 0 atom stereocenters. The molecule has 0 aliphatic carbocycles. The molecule has 0 fully saturated rings. The molecule has 0 unspecified atom stereocenters. The third-order valence-corrected chi connectivity index (χ3v) is 5.16. The lowest BCUT2D eigenvalue weighted by Crippen LogP contribution is -2.04. The Labute approximate surface area is 155 Å². The van der Waals surface area contributed by atoms with E-state index in [1.54, 1.807) is 24.3 Å². The molecule has 2 aromatic carbocycles. The van der Waals surface area contributed by atoms with Gasteiger partial charge in [0.2, 0.25) is 0 Å². The Kier molecular flexibility index (Phi) is 7.48. The van der Waals surface area contributed by atoms with Gasteiger partial charge in [0.1, 0.15) is 5.75 Å². The average molecular weight is 378 g/mol. The summed E-state index contributed by atoms with van der Waals surface area (Å²) in [6, 6.07) is 11.0. The summed E-state index contributed by atoms with van der Waals surface area (Å²) in [5.74, 6) is 0.710. The normalized spacial score (nSPS) is 11.5. The topological polar surface area (TPSA) is 83.8 Å². The van der Waals surface area contributed by atoms with Gasteiger partial charge in [-0.2, -0.15) is 8.42 Å². The molecule has 0 amide bonds. The van der Waals surface area contributed by atoms with E-state index in [2.05, 4.69) is 6.92 Å². The van der Waals surface area contributed by atoms with Crippen molar-refractivity contribution in [2.24, 2.45) is 0 Å². The maximum atomic E-state index is 11.6. The third-order valence-electron chi connectivity index (χ3n) is 4.20. The summed E-state index contributed by atoms with van der Waals surface area (Å²) in [5, 5.41) is 9.81. The molecule has 0 saturated heterocycles. The van der Waals surface area contributed by atoms with Crippen LogP contribution in [0.4, 0.5) is 0 Å². The van der Waals surface area contributed by atoms with E-state index in [-0.39, 0.29) is 16.4 Å². The summed E-state index contributed by atoms with van der Waals surface area (Å²) in [6.07, 6.45) is 7.07. The summed E-state index contributed by atoms with van der Waals surface area (Å²) >= 11 is 0. The lowest BCUT2D eigenvalue weighted by Gasteiger charge is -2.12. The molecule has 6 heteroatoms. The zero-order valence-electron chi connectivity index (χ0n) is 15.0. The summed E-state index contributed by atoms with van der Waals surface area (Å²) in [5.41, 5.74) is 0.524. The maximum Gasteiger partial charge on any atom is 0.294 e. The number of phenols is 1. The van der Waals surface area contributed by atoms with Gasteiger partial charge < -0.3 is 9.84 Å². The highest BCUT2D eigenvalue weighted by Crippen LogP contribution is 2.32. The molecule has 0 spiro atoms. The van der Waals surface area contributed by atoms with Gasteiger partial charge >= 0.3 is 0 Å². The third kappa shape index (κ3) is 6.04. The van der Waals surface area contributed by atoms with Crippen molar-refractivity contribution in [2.45, 2.75) is 56.8 Å². The molecule has 26 heavy (non-hydrogen) atoms. The van der Waals surface area contributed by atoms with Crippen LogP contribution in [0, 0.1) is 0 Å². The SMILES string of the molecule is CCCCCCCCc1cc(Oc2ccccc2O)ccc1S(=O)(=O)O. The first-order valence-electron chi connectivity index (χ1n) is 8.98. The Morgan fingerprint density at radius 2 is 1.65 bits per heavy atom. The molecule has 0 aliphatic rings. The maximum absolute atomic E-state index is 11.6. The number of hydrogen-bond donors (Lipinski definition) is 2. The number of ether oxygens (including phenoxy) is 1. The van der Waals surface area contributed by atoms with Gasteiger partial charge in [0.15, 0.2) is 11.5 Å². The molecule has 0 saturated carbocycles. The Balaban J connectivity index is 2.13. The molecule has 0 aliphatic heterocycles. The summed E-state index contributed by atoms with van der Waals surface area (Å²) < 4.78 is 38.4. The van der Waals surface area contributed by atoms with Crippen molar-refractivity contribution in [2.75, 3.05) is 0 Å². The van der Waals surface area contributed by atoms with Crippen molar-refractivity contribution in [1.82, 2.24) is 0 Å². The smallest absolute Gasteiger partial charge is 0.294 e. The van der Waals surface area contributed by atoms with E-state index in [1.807, 2.05) is 0 Å². The monoisotopic (exact) mass is 378 g/mol. The highest BCUT2D eigenvalue weighted by atomic mass is 32.2. The molecule has 0 heterocycles.